The van der Waals surface area contributed by atoms with E-state index < -0.39 is 5.82 Å². The highest BCUT2D eigenvalue weighted by molar-refractivity contribution is 6.06. The van der Waals surface area contributed by atoms with Gasteiger partial charge in [-0.25, -0.2) is 9.07 Å². The summed E-state index contributed by atoms with van der Waals surface area (Å²) in [5.74, 6) is -1.08. The SMILES string of the molecule is COC(=O)CCc1c(C)nn(-c2ccc(C(=O)Nc3c(F)cccc3N3CCCC3)cc2)c1C. The van der Waals surface area contributed by atoms with Gasteiger partial charge in [0.05, 0.1) is 24.2 Å². The third-order valence-electron chi connectivity index (χ3n) is 6.30. The van der Waals surface area contributed by atoms with Crippen LogP contribution >= 0.6 is 0 Å². The molecular weight excluding hydrogens is 435 g/mol. The van der Waals surface area contributed by atoms with Crippen LogP contribution in [0.5, 0.6) is 0 Å². The van der Waals surface area contributed by atoms with Crippen LogP contribution in [0.1, 0.15) is 46.6 Å². The van der Waals surface area contributed by atoms with Gasteiger partial charge in [0.25, 0.3) is 5.91 Å². The summed E-state index contributed by atoms with van der Waals surface area (Å²) in [6, 6.07) is 11.9. The van der Waals surface area contributed by atoms with E-state index in [1.807, 2.05) is 19.9 Å². The van der Waals surface area contributed by atoms with Gasteiger partial charge in [0.2, 0.25) is 0 Å². The van der Waals surface area contributed by atoms with E-state index in [0.717, 1.165) is 48.6 Å². The number of carbonyl (C=O) groups excluding carboxylic acids is 2. The number of halogens is 1. The number of amides is 1. The molecule has 7 nitrogen and oxygen atoms in total. The van der Waals surface area contributed by atoms with Crippen molar-refractivity contribution in [3.63, 3.8) is 0 Å². The van der Waals surface area contributed by atoms with E-state index >= 15 is 0 Å². The van der Waals surface area contributed by atoms with Crippen molar-refractivity contribution in [3.8, 4) is 5.69 Å². The summed E-state index contributed by atoms with van der Waals surface area (Å²) >= 11 is 0. The Bertz CT molecular complexity index is 1200. The van der Waals surface area contributed by atoms with Gasteiger partial charge in [-0.2, -0.15) is 5.10 Å². The highest BCUT2D eigenvalue weighted by atomic mass is 19.1. The number of anilines is 2. The molecule has 0 aliphatic carbocycles. The first kappa shape index (κ1) is 23.5. The summed E-state index contributed by atoms with van der Waals surface area (Å²) in [5, 5.41) is 7.37. The molecule has 0 spiro atoms. The number of para-hydroxylation sites is 1. The molecule has 0 bridgehead atoms. The Morgan fingerprint density at radius 3 is 2.47 bits per heavy atom. The van der Waals surface area contributed by atoms with Crippen molar-refractivity contribution in [2.24, 2.45) is 0 Å². The topological polar surface area (TPSA) is 76.5 Å². The number of benzene rings is 2. The maximum absolute atomic E-state index is 14.6. The number of esters is 1. The Balaban J connectivity index is 1.52. The number of hydrogen-bond donors (Lipinski definition) is 1. The zero-order valence-corrected chi connectivity index (χ0v) is 19.7. The van der Waals surface area contributed by atoms with Crippen molar-refractivity contribution in [2.75, 3.05) is 30.4 Å². The lowest BCUT2D eigenvalue weighted by Gasteiger charge is -2.22. The van der Waals surface area contributed by atoms with Crippen molar-refractivity contribution in [1.82, 2.24) is 9.78 Å². The molecule has 1 aliphatic heterocycles. The summed E-state index contributed by atoms with van der Waals surface area (Å²) in [5.41, 5.74) is 4.92. The molecule has 8 heteroatoms. The van der Waals surface area contributed by atoms with Crippen LogP contribution in [0.15, 0.2) is 42.5 Å². The maximum Gasteiger partial charge on any atom is 0.305 e. The quantitative estimate of drug-likeness (QED) is 0.518. The second kappa shape index (κ2) is 10.1. The molecular formula is C26H29FN4O3. The Morgan fingerprint density at radius 2 is 1.79 bits per heavy atom. The van der Waals surface area contributed by atoms with E-state index in [2.05, 4.69) is 15.3 Å². The van der Waals surface area contributed by atoms with E-state index in [1.54, 1.807) is 35.0 Å². The van der Waals surface area contributed by atoms with Gasteiger partial charge in [0, 0.05) is 30.8 Å². The van der Waals surface area contributed by atoms with E-state index in [-0.39, 0.29) is 17.6 Å². The predicted octanol–water partition coefficient (Wildman–Crippen LogP) is 4.59. The fourth-order valence-electron chi connectivity index (χ4n) is 4.42. The Hall–Kier alpha value is -3.68. The normalized spacial score (nSPS) is 13.2. The molecule has 1 saturated heterocycles. The molecule has 0 atom stereocenters. The molecule has 178 valence electrons. The number of ether oxygens (including phenoxy) is 1. The molecule has 1 N–H and O–H groups in total. The number of methoxy groups -OCH3 is 1. The average Bonchev–Trinajstić information content (AvgIpc) is 3.47. The second-order valence-electron chi connectivity index (χ2n) is 8.47. The largest absolute Gasteiger partial charge is 0.469 e. The summed E-state index contributed by atoms with van der Waals surface area (Å²) < 4.78 is 21.1. The average molecular weight is 465 g/mol. The zero-order valence-electron chi connectivity index (χ0n) is 19.7. The van der Waals surface area contributed by atoms with Crippen molar-refractivity contribution in [1.29, 1.82) is 0 Å². The van der Waals surface area contributed by atoms with Gasteiger partial charge in [0.15, 0.2) is 0 Å². The highest BCUT2D eigenvalue weighted by Gasteiger charge is 2.20. The summed E-state index contributed by atoms with van der Waals surface area (Å²) in [7, 11) is 1.38. The van der Waals surface area contributed by atoms with Crippen molar-refractivity contribution in [2.45, 2.75) is 39.5 Å². The molecule has 1 aromatic heterocycles. The number of aryl methyl sites for hydroxylation is 1. The van der Waals surface area contributed by atoms with Gasteiger partial charge < -0.3 is 15.0 Å². The number of aromatic nitrogens is 2. The fraction of sp³-hybridized carbons (Fsp3) is 0.346. The van der Waals surface area contributed by atoms with E-state index in [0.29, 0.717) is 24.1 Å². The third-order valence-corrected chi connectivity index (χ3v) is 6.30. The molecule has 4 rings (SSSR count). The first-order chi connectivity index (χ1) is 16.4. The monoisotopic (exact) mass is 464 g/mol. The molecule has 2 heterocycles. The Kier molecular flexibility index (Phi) is 6.95. The van der Waals surface area contributed by atoms with Crippen molar-refractivity contribution < 1.29 is 18.7 Å². The van der Waals surface area contributed by atoms with Crippen molar-refractivity contribution >= 4 is 23.3 Å². The minimum atomic E-state index is -0.448. The molecule has 34 heavy (non-hydrogen) atoms. The fourth-order valence-corrected chi connectivity index (χ4v) is 4.42. The van der Waals surface area contributed by atoms with Gasteiger partial charge >= 0.3 is 5.97 Å². The lowest BCUT2D eigenvalue weighted by atomic mass is 10.1. The standard InChI is InChI=1S/C26H29FN4O3/c1-17-21(13-14-24(32)34-3)18(2)31(29-17)20-11-9-19(10-12-20)26(33)28-25-22(27)7-6-8-23(25)30-15-4-5-16-30/h6-12H,4-5,13-16H2,1-3H3,(H,28,33). The molecule has 1 aliphatic rings. The van der Waals surface area contributed by atoms with Gasteiger partial charge in [-0.15, -0.1) is 0 Å². The number of nitrogens with zero attached hydrogens (tertiary/aromatic N) is 3. The van der Waals surface area contributed by atoms with Gasteiger partial charge in [0.1, 0.15) is 11.5 Å². The second-order valence-corrected chi connectivity index (χ2v) is 8.47. The number of rotatable bonds is 7. The van der Waals surface area contributed by atoms with Crippen LogP contribution in [-0.2, 0) is 16.0 Å². The van der Waals surface area contributed by atoms with Crippen LogP contribution in [0.2, 0.25) is 0 Å². The van der Waals surface area contributed by atoms with Crippen molar-refractivity contribution in [3.05, 3.63) is 70.8 Å². The van der Waals surface area contributed by atoms with Gasteiger partial charge in [-0.05, 0) is 75.1 Å². The minimum absolute atomic E-state index is 0.215. The summed E-state index contributed by atoms with van der Waals surface area (Å²) in [6.07, 6.45) is 2.95. The Morgan fingerprint density at radius 1 is 1.09 bits per heavy atom. The molecule has 3 aromatic rings. The Labute approximate surface area is 198 Å². The van der Waals surface area contributed by atoms with Crippen LogP contribution in [-0.4, -0.2) is 41.9 Å². The first-order valence-corrected chi connectivity index (χ1v) is 11.5. The number of hydrogen-bond acceptors (Lipinski definition) is 5. The van der Waals surface area contributed by atoms with Crippen LogP contribution < -0.4 is 10.2 Å². The third kappa shape index (κ3) is 4.81. The van der Waals surface area contributed by atoms with Gasteiger partial charge in [-0.1, -0.05) is 6.07 Å². The number of carbonyl (C=O) groups is 2. The highest BCUT2D eigenvalue weighted by Crippen LogP contribution is 2.31. The maximum atomic E-state index is 14.6. The lowest BCUT2D eigenvalue weighted by molar-refractivity contribution is -0.140. The molecule has 2 aromatic carbocycles. The summed E-state index contributed by atoms with van der Waals surface area (Å²) in [4.78, 5) is 26.5. The van der Waals surface area contributed by atoms with Gasteiger partial charge in [-0.3, -0.25) is 9.59 Å². The first-order valence-electron chi connectivity index (χ1n) is 11.5. The molecule has 1 fully saturated rings. The van der Waals surface area contributed by atoms with E-state index in [1.165, 1.54) is 13.2 Å². The zero-order chi connectivity index (χ0) is 24.2. The lowest BCUT2D eigenvalue weighted by Crippen LogP contribution is -2.22. The summed E-state index contributed by atoms with van der Waals surface area (Å²) in [6.45, 7) is 5.56. The van der Waals surface area contributed by atoms with Crippen LogP contribution in [0, 0.1) is 19.7 Å². The molecule has 0 saturated carbocycles. The van der Waals surface area contributed by atoms with Crippen LogP contribution in [0.25, 0.3) is 5.69 Å². The van der Waals surface area contributed by atoms with E-state index in [4.69, 9.17) is 4.74 Å². The molecule has 0 unspecified atom stereocenters. The number of nitrogens with one attached hydrogen (secondary N) is 1. The molecule has 0 radical (unpaired) electrons. The predicted molar refractivity (Wildman–Crippen MR) is 129 cm³/mol. The molecule has 1 amide bonds. The van der Waals surface area contributed by atoms with E-state index in [9.17, 15) is 14.0 Å². The van der Waals surface area contributed by atoms with Crippen LogP contribution in [0.4, 0.5) is 15.8 Å². The smallest absolute Gasteiger partial charge is 0.305 e. The minimum Gasteiger partial charge on any atom is -0.469 e. The van der Waals surface area contributed by atoms with Crippen LogP contribution in [0.3, 0.4) is 0 Å².